The number of hydrogen-bond acceptors (Lipinski definition) is 2. The van der Waals surface area contributed by atoms with Crippen LogP contribution in [-0.2, 0) is 10.3 Å². The second kappa shape index (κ2) is 4.64. The zero-order valence-corrected chi connectivity index (χ0v) is 10.5. The van der Waals surface area contributed by atoms with Gasteiger partial charge in [-0.3, -0.25) is 0 Å². The monoisotopic (exact) mass is 269 g/mol. The van der Waals surface area contributed by atoms with Crippen LogP contribution in [0.1, 0.15) is 18.4 Å². The molecule has 1 saturated heterocycles. The second-order valence-electron chi connectivity index (χ2n) is 4.05. The van der Waals surface area contributed by atoms with Crippen LogP contribution in [0.5, 0.6) is 0 Å². The average molecular weight is 270 g/mol. The third-order valence-electron chi connectivity index (χ3n) is 3.03. The van der Waals surface area contributed by atoms with Gasteiger partial charge in [0, 0.05) is 11.6 Å². The van der Waals surface area contributed by atoms with Crippen molar-refractivity contribution in [2.75, 3.05) is 20.3 Å². The SMILES string of the molecule is COCC1(c2ccc(Br)cc2)CCCN1. The van der Waals surface area contributed by atoms with Gasteiger partial charge < -0.3 is 10.1 Å². The summed E-state index contributed by atoms with van der Waals surface area (Å²) in [7, 11) is 1.76. The molecule has 1 heterocycles. The van der Waals surface area contributed by atoms with Crippen LogP contribution in [0.3, 0.4) is 0 Å². The highest BCUT2D eigenvalue weighted by molar-refractivity contribution is 9.10. The molecular weight excluding hydrogens is 254 g/mol. The minimum absolute atomic E-state index is 0.0372. The molecule has 1 atom stereocenters. The van der Waals surface area contributed by atoms with Crippen molar-refractivity contribution in [2.24, 2.45) is 0 Å². The summed E-state index contributed by atoms with van der Waals surface area (Å²) >= 11 is 3.46. The first kappa shape index (κ1) is 11.1. The second-order valence-corrected chi connectivity index (χ2v) is 4.97. The number of methoxy groups -OCH3 is 1. The van der Waals surface area contributed by atoms with Gasteiger partial charge in [0.25, 0.3) is 0 Å². The Hall–Kier alpha value is -0.380. The third-order valence-corrected chi connectivity index (χ3v) is 3.56. The van der Waals surface area contributed by atoms with Gasteiger partial charge >= 0.3 is 0 Å². The number of rotatable bonds is 3. The molecule has 0 radical (unpaired) electrons. The van der Waals surface area contributed by atoms with Gasteiger partial charge in [-0.1, -0.05) is 28.1 Å². The maximum atomic E-state index is 5.34. The van der Waals surface area contributed by atoms with Gasteiger partial charge in [-0.05, 0) is 37.1 Å². The number of ether oxygens (including phenoxy) is 1. The topological polar surface area (TPSA) is 21.3 Å². The van der Waals surface area contributed by atoms with Crippen molar-refractivity contribution >= 4 is 15.9 Å². The van der Waals surface area contributed by atoms with Crippen LogP contribution in [0.2, 0.25) is 0 Å². The molecule has 0 aromatic heterocycles. The van der Waals surface area contributed by atoms with E-state index in [1.165, 1.54) is 12.0 Å². The number of halogens is 1. The molecule has 1 aromatic carbocycles. The fraction of sp³-hybridized carbons (Fsp3) is 0.500. The van der Waals surface area contributed by atoms with Gasteiger partial charge in [-0.25, -0.2) is 0 Å². The first-order valence-corrected chi connectivity index (χ1v) is 6.06. The maximum Gasteiger partial charge on any atom is 0.0686 e. The zero-order chi connectivity index (χ0) is 10.7. The van der Waals surface area contributed by atoms with Gasteiger partial charge in [0.15, 0.2) is 0 Å². The highest BCUT2D eigenvalue weighted by atomic mass is 79.9. The molecule has 0 spiro atoms. The van der Waals surface area contributed by atoms with Crippen molar-refractivity contribution in [3.8, 4) is 0 Å². The molecule has 3 heteroatoms. The standard InChI is InChI=1S/C12H16BrNO/c1-15-9-12(7-2-8-14-12)10-3-5-11(13)6-4-10/h3-6,14H,2,7-9H2,1H3. The lowest BCUT2D eigenvalue weighted by molar-refractivity contribution is 0.120. The van der Waals surface area contributed by atoms with E-state index in [9.17, 15) is 0 Å². The molecule has 2 rings (SSSR count). The molecule has 1 N–H and O–H groups in total. The predicted octanol–water partition coefficient (Wildman–Crippen LogP) is 2.67. The van der Waals surface area contributed by atoms with Crippen LogP contribution in [-0.4, -0.2) is 20.3 Å². The van der Waals surface area contributed by atoms with Crippen molar-refractivity contribution in [3.63, 3.8) is 0 Å². The average Bonchev–Trinajstić information content (AvgIpc) is 2.69. The summed E-state index contributed by atoms with van der Waals surface area (Å²) in [6.07, 6.45) is 2.38. The van der Waals surface area contributed by atoms with Crippen molar-refractivity contribution in [3.05, 3.63) is 34.3 Å². The van der Waals surface area contributed by atoms with Crippen molar-refractivity contribution in [1.29, 1.82) is 0 Å². The number of benzene rings is 1. The minimum Gasteiger partial charge on any atom is -0.382 e. The molecule has 0 aliphatic carbocycles. The number of nitrogens with one attached hydrogen (secondary N) is 1. The van der Waals surface area contributed by atoms with Gasteiger partial charge in [0.2, 0.25) is 0 Å². The molecule has 82 valence electrons. The molecule has 1 aliphatic rings. The van der Waals surface area contributed by atoms with Crippen LogP contribution in [0, 0.1) is 0 Å². The smallest absolute Gasteiger partial charge is 0.0686 e. The summed E-state index contributed by atoms with van der Waals surface area (Å²) in [5, 5.41) is 3.57. The van der Waals surface area contributed by atoms with Crippen LogP contribution in [0.4, 0.5) is 0 Å². The molecule has 15 heavy (non-hydrogen) atoms. The largest absolute Gasteiger partial charge is 0.382 e. The van der Waals surface area contributed by atoms with E-state index in [0.29, 0.717) is 0 Å². The summed E-state index contributed by atoms with van der Waals surface area (Å²) in [5.41, 5.74) is 1.36. The van der Waals surface area contributed by atoms with Crippen molar-refractivity contribution in [1.82, 2.24) is 5.32 Å². The van der Waals surface area contributed by atoms with Crippen LogP contribution in [0.15, 0.2) is 28.7 Å². The van der Waals surface area contributed by atoms with E-state index in [0.717, 1.165) is 24.0 Å². The van der Waals surface area contributed by atoms with E-state index in [2.05, 4.69) is 45.5 Å². The van der Waals surface area contributed by atoms with Crippen LogP contribution < -0.4 is 5.32 Å². The van der Waals surface area contributed by atoms with Gasteiger partial charge in [-0.2, -0.15) is 0 Å². The van der Waals surface area contributed by atoms with E-state index in [-0.39, 0.29) is 5.54 Å². The highest BCUT2D eigenvalue weighted by Crippen LogP contribution is 2.31. The first-order chi connectivity index (χ1) is 7.27. The molecule has 0 bridgehead atoms. The van der Waals surface area contributed by atoms with E-state index in [1.54, 1.807) is 7.11 Å². The van der Waals surface area contributed by atoms with Crippen molar-refractivity contribution in [2.45, 2.75) is 18.4 Å². The normalized spacial score (nSPS) is 25.7. The Labute approximate surface area is 99.1 Å². The molecule has 0 amide bonds. The Bertz CT molecular complexity index is 317. The van der Waals surface area contributed by atoms with E-state index >= 15 is 0 Å². The Kier molecular flexibility index (Phi) is 3.44. The number of hydrogen-bond donors (Lipinski definition) is 1. The van der Waals surface area contributed by atoms with Crippen LogP contribution >= 0.6 is 15.9 Å². The Morgan fingerprint density at radius 3 is 2.67 bits per heavy atom. The lowest BCUT2D eigenvalue weighted by Gasteiger charge is -2.29. The summed E-state index contributed by atoms with van der Waals surface area (Å²) in [5.74, 6) is 0. The molecule has 1 aliphatic heterocycles. The first-order valence-electron chi connectivity index (χ1n) is 5.27. The van der Waals surface area contributed by atoms with E-state index in [1.807, 2.05) is 0 Å². The summed E-state index contributed by atoms with van der Waals surface area (Å²) in [6, 6.07) is 8.52. The quantitative estimate of drug-likeness (QED) is 0.911. The Morgan fingerprint density at radius 2 is 2.13 bits per heavy atom. The summed E-state index contributed by atoms with van der Waals surface area (Å²) < 4.78 is 6.46. The Balaban J connectivity index is 2.28. The molecular formula is C12H16BrNO. The van der Waals surface area contributed by atoms with Gasteiger partial charge in [0.1, 0.15) is 0 Å². The third kappa shape index (κ3) is 2.25. The minimum atomic E-state index is 0.0372. The zero-order valence-electron chi connectivity index (χ0n) is 8.92. The van der Waals surface area contributed by atoms with Crippen LogP contribution in [0.25, 0.3) is 0 Å². The molecule has 1 aromatic rings. The summed E-state index contributed by atoms with van der Waals surface area (Å²) in [6.45, 7) is 1.83. The molecule has 0 saturated carbocycles. The summed E-state index contributed by atoms with van der Waals surface area (Å²) in [4.78, 5) is 0. The van der Waals surface area contributed by atoms with Crippen molar-refractivity contribution < 1.29 is 4.74 Å². The highest BCUT2D eigenvalue weighted by Gasteiger charge is 2.34. The van der Waals surface area contributed by atoms with Gasteiger partial charge in [-0.15, -0.1) is 0 Å². The Morgan fingerprint density at radius 1 is 1.40 bits per heavy atom. The predicted molar refractivity (Wildman–Crippen MR) is 64.9 cm³/mol. The lowest BCUT2D eigenvalue weighted by Crippen LogP contribution is -2.41. The molecule has 2 nitrogen and oxygen atoms in total. The van der Waals surface area contributed by atoms with E-state index < -0.39 is 0 Å². The molecule has 1 unspecified atom stereocenters. The fourth-order valence-electron chi connectivity index (χ4n) is 2.27. The molecule has 1 fully saturated rings. The van der Waals surface area contributed by atoms with E-state index in [4.69, 9.17) is 4.74 Å². The van der Waals surface area contributed by atoms with Gasteiger partial charge in [0.05, 0.1) is 12.1 Å². The maximum absolute atomic E-state index is 5.34. The lowest BCUT2D eigenvalue weighted by atomic mass is 9.89. The fourth-order valence-corrected chi connectivity index (χ4v) is 2.54.